The van der Waals surface area contributed by atoms with Gasteiger partial charge in [0.1, 0.15) is 0 Å². The first-order valence-electron chi connectivity index (χ1n) is 7.30. The molecule has 0 amide bonds. The average Bonchev–Trinajstić information content (AvgIpc) is 2.98. The molecule has 0 unspecified atom stereocenters. The van der Waals surface area contributed by atoms with Crippen molar-refractivity contribution in [3.63, 3.8) is 0 Å². The van der Waals surface area contributed by atoms with Crippen molar-refractivity contribution in [3.05, 3.63) is 22.2 Å². The Kier molecular flexibility index (Phi) is 6.26. The molecular weight excluding hydrogens is 350 g/mol. The quantitative estimate of drug-likeness (QED) is 0.774. The monoisotopic (exact) mass is 373 g/mol. The minimum absolute atomic E-state index is 0.434. The Hall–Kier alpha value is -0.390. The maximum atomic E-state index is 5.37. The maximum Gasteiger partial charge on any atom is 0.161 e. The van der Waals surface area contributed by atoms with Gasteiger partial charge < -0.3 is 14.8 Å². The fourth-order valence-corrected chi connectivity index (χ4v) is 4.34. The number of ether oxygens (including phenoxy) is 2. The minimum Gasteiger partial charge on any atom is -0.493 e. The summed E-state index contributed by atoms with van der Waals surface area (Å²) in [5, 5.41) is 3.62. The summed E-state index contributed by atoms with van der Waals surface area (Å²) in [5.41, 5.74) is 1.20. The number of hydrogen-bond acceptors (Lipinski definition) is 4. The zero-order valence-electron chi connectivity index (χ0n) is 13.0. The molecule has 1 N–H and O–H groups in total. The van der Waals surface area contributed by atoms with Crippen molar-refractivity contribution in [2.75, 3.05) is 27.0 Å². The molecule has 3 nitrogen and oxygen atoms in total. The van der Waals surface area contributed by atoms with Crippen LogP contribution >= 0.6 is 27.7 Å². The fourth-order valence-electron chi connectivity index (χ4n) is 2.93. The van der Waals surface area contributed by atoms with E-state index in [1.165, 1.54) is 31.2 Å². The van der Waals surface area contributed by atoms with Crippen molar-refractivity contribution in [2.45, 2.75) is 37.0 Å². The molecule has 0 spiro atoms. The summed E-state index contributed by atoms with van der Waals surface area (Å²) in [5.74, 6) is 1.53. The Morgan fingerprint density at radius 3 is 2.38 bits per heavy atom. The lowest BCUT2D eigenvalue weighted by Crippen LogP contribution is -2.34. The van der Waals surface area contributed by atoms with Gasteiger partial charge in [-0.3, -0.25) is 0 Å². The van der Waals surface area contributed by atoms with Crippen molar-refractivity contribution in [1.82, 2.24) is 5.32 Å². The third kappa shape index (κ3) is 4.08. The minimum atomic E-state index is 0.434. The van der Waals surface area contributed by atoms with Crippen molar-refractivity contribution in [3.8, 4) is 11.5 Å². The van der Waals surface area contributed by atoms with Crippen molar-refractivity contribution in [1.29, 1.82) is 0 Å². The van der Waals surface area contributed by atoms with Crippen LogP contribution in [-0.4, -0.2) is 31.8 Å². The zero-order chi connectivity index (χ0) is 15.3. The second kappa shape index (κ2) is 7.75. The van der Waals surface area contributed by atoms with Gasteiger partial charge in [0, 0.05) is 22.3 Å². The van der Waals surface area contributed by atoms with Crippen LogP contribution in [0.1, 0.15) is 31.2 Å². The van der Waals surface area contributed by atoms with E-state index in [0.717, 1.165) is 29.1 Å². The van der Waals surface area contributed by atoms with Gasteiger partial charge in [-0.05, 0) is 36.8 Å². The van der Waals surface area contributed by atoms with Gasteiger partial charge in [0.25, 0.3) is 0 Å². The molecule has 0 aromatic heterocycles. The molecule has 0 radical (unpaired) electrons. The van der Waals surface area contributed by atoms with Crippen molar-refractivity contribution in [2.24, 2.45) is 0 Å². The topological polar surface area (TPSA) is 30.5 Å². The van der Waals surface area contributed by atoms with E-state index in [0.29, 0.717) is 4.75 Å². The number of halogens is 1. The molecule has 118 valence electrons. The Balaban J connectivity index is 1.99. The standard InChI is InChI=1S/C16H24BrNO2S/c1-19-14-8-12(13(17)9-15(14)20-2)10-18-11-16(21-3)6-4-5-7-16/h8-9,18H,4-7,10-11H2,1-3H3. The summed E-state index contributed by atoms with van der Waals surface area (Å²) in [6.07, 6.45) is 7.62. The van der Waals surface area contributed by atoms with Crippen LogP contribution in [0, 0.1) is 0 Å². The fraction of sp³-hybridized carbons (Fsp3) is 0.625. The van der Waals surface area contributed by atoms with Gasteiger partial charge >= 0.3 is 0 Å². The Morgan fingerprint density at radius 2 is 1.81 bits per heavy atom. The number of rotatable bonds is 7. The van der Waals surface area contributed by atoms with E-state index in [1.54, 1.807) is 14.2 Å². The maximum absolute atomic E-state index is 5.37. The van der Waals surface area contributed by atoms with Crippen LogP contribution in [0.3, 0.4) is 0 Å². The number of thioether (sulfide) groups is 1. The van der Waals surface area contributed by atoms with Crippen LogP contribution in [0.5, 0.6) is 11.5 Å². The number of benzene rings is 1. The number of hydrogen-bond donors (Lipinski definition) is 1. The number of methoxy groups -OCH3 is 2. The molecule has 0 heterocycles. The summed E-state index contributed by atoms with van der Waals surface area (Å²) in [4.78, 5) is 0. The third-order valence-corrected chi connectivity index (χ3v) is 6.42. The van der Waals surface area contributed by atoms with Crippen LogP contribution < -0.4 is 14.8 Å². The molecule has 21 heavy (non-hydrogen) atoms. The predicted octanol–water partition coefficient (Wildman–Crippen LogP) is 4.23. The first-order chi connectivity index (χ1) is 10.1. The zero-order valence-corrected chi connectivity index (χ0v) is 15.4. The van der Waals surface area contributed by atoms with Gasteiger partial charge in [0.05, 0.1) is 14.2 Å². The molecule has 0 saturated heterocycles. The predicted molar refractivity (Wildman–Crippen MR) is 93.7 cm³/mol. The Labute approximate surface area is 140 Å². The molecule has 5 heteroatoms. The molecule has 1 aliphatic carbocycles. The molecule has 1 aliphatic rings. The highest BCUT2D eigenvalue weighted by Crippen LogP contribution is 2.40. The summed E-state index contributed by atoms with van der Waals surface area (Å²) in [7, 11) is 3.33. The van der Waals surface area contributed by atoms with Crippen LogP contribution in [0.2, 0.25) is 0 Å². The lowest BCUT2D eigenvalue weighted by atomic mass is 10.1. The van der Waals surface area contributed by atoms with E-state index in [-0.39, 0.29) is 0 Å². The SMILES string of the molecule is COc1cc(Br)c(CNCC2(SC)CCCC2)cc1OC. The summed E-state index contributed by atoms with van der Waals surface area (Å²) >= 11 is 5.63. The van der Waals surface area contributed by atoms with E-state index in [1.807, 2.05) is 23.9 Å². The van der Waals surface area contributed by atoms with E-state index in [9.17, 15) is 0 Å². The molecule has 1 aromatic rings. The van der Waals surface area contributed by atoms with Gasteiger partial charge in [-0.25, -0.2) is 0 Å². The second-order valence-corrected chi connectivity index (χ2v) is 7.63. The lowest BCUT2D eigenvalue weighted by molar-refractivity contribution is 0.354. The van der Waals surface area contributed by atoms with Crippen LogP contribution in [0.4, 0.5) is 0 Å². The second-order valence-electron chi connectivity index (χ2n) is 5.50. The van der Waals surface area contributed by atoms with Gasteiger partial charge in [0.15, 0.2) is 11.5 Å². The van der Waals surface area contributed by atoms with Crippen LogP contribution in [-0.2, 0) is 6.54 Å². The highest BCUT2D eigenvalue weighted by molar-refractivity contribution is 9.10. The highest BCUT2D eigenvalue weighted by atomic mass is 79.9. The number of nitrogens with one attached hydrogen (secondary N) is 1. The summed E-state index contributed by atoms with van der Waals surface area (Å²) < 4.78 is 12.2. The summed E-state index contributed by atoms with van der Waals surface area (Å²) in [6, 6.07) is 4.01. The largest absolute Gasteiger partial charge is 0.493 e. The Bertz CT molecular complexity index is 476. The average molecular weight is 374 g/mol. The smallest absolute Gasteiger partial charge is 0.161 e. The van der Waals surface area contributed by atoms with Gasteiger partial charge in [0.2, 0.25) is 0 Å². The normalized spacial score (nSPS) is 17.0. The van der Waals surface area contributed by atoms with E-state index < -0.39 is 0 Å². The van der Waals surface area contributed by atoms with Gasteiger partial charge in [-0.1, -0.05) is 28.8 Å². The van der Waals surface area contributed by atoms with Crippen LogP contribution in [0.15, 0.2) is 16.6 Å². The van der Waals surface area contributed by atoms with Crippen molar-refractivity contribution < 1.29 is 9.47 Å². The lowest BCUT2D eigenvalue weighted by Gasteiger charge is -2.27. The highest BCUT2D eigenvalue weighted by Gasteiger charge is 2.32. The van der Waals surface area contributed by atoms with Crippen molar-refractivity contribution >= 4 is 27.7 Å². The molecule has 0 atom stereocenters. The van der Waals surface area contributed by atoms with E-state index in [4.69, 9.17) is 9.47 Å². The molecule has 0 bridgehead atoms. The van der Waals surface area contributed by atoms with Crippen LogP contribution in [0.25, 0.3) is 0 Å². The Morgan fingerprint density at radius 1 is 1.19 bits per heavy atom. The van der Waals surface area contributed by atoms with E-state index >= 15 is 0 Å². The first-order valence-corrected chi connectivity index (χ1v) is 9.32. The molecule has 1 fully saturated rings. The van der Waals surface area contributed by atoms with E-state index in [2.05, 4.69) is 27.5 Å². The first kappa shape index (κ1) is 17.0. The molecule has 0 aliphatic heterocycles. The molecular formula is C16H24BrNO2S. The van der Waals surface area contributed by atoms with Gasteiger partial charge in [-0.15, -0.1) is 0 Å². The molecule has 1 aromatic carbocycles. The van der Waals surface area contributed by atoms with Gasteiger partial charge in [-0.2, -0.15) is 11.8 Å². The third-order valence-electron chi connectivity index (χ3n) is 4.26. The molecule has 1 saturated carbocycles. The summed E-state index contributed by atoms with van der Waals surface area (Å²) in [6.45, 7) is 1.90. The molecule has 2 rings (SSSR count).